The third kappa shape index (κ3) is 5.04. The lowest BCUT2D eigenvalue weighted by atomic mass is 10.1. The summed E-state index contributed by atoms with van der Waals surface area (Å²) in [5.74, 6) is -1.28. The quantitative estimate of drug-likeness (QED) is 0.672. The number of aliphatic hydroxyl groups is 1. The molecule has 0 spiro atoms. The van der Waals surface area contributed by atoms with Crippen LogP contribution in [0.2, 0.25) is 0 Å². The number of nitrogens with zero attached hydrogens (tertiary/aromatic N) is 1. The van der Waals surface area contributed by atoms with Gasteiger partial charge in [-0.2, -0.15) is 0 Å². The first-order valence-electron chi connectivity index (χ1n) is 6.33. The van der Waals surface area contributed by atoms with E-state index in [9.17, 15) is 9.59 Å². The Morgan fingerprint density at radius 2 is 2.16 bits per heavy atom. The lowest BCUT2D eigenvalue weighted by Gasteiger charge is -2.41. The van der Waals surface area contributed by atoms with E-state index in [1.54, 1.807) is 4.90 Å². The van der Waals surface area contributed by atoms with Crippen LogP contribution >= 0.6 is 0 Å². The molecule has 0 bridgehead atoms. The summed E-state index contributed by atoms with van der Waals surface area (Å²) < 4.78 is 5.69. The van der Waals surface area contributed by atoms with Crippen LogP contribution in [0.3, 0.4) is 0 Å². The highest BCUT2D eigenvalue weighted by Gasteiger charge is 2.33. The van der Waals surface area contributed by atoms with Gasteiger partial charge in [0.25, 0.3) is 0 Å². The van der Waals surface area contributed by atoms with Crippen LogP contribution in [0.4, 0.5) is 4.79 Å². The second kappa shape index (κ2) is 6.21. The van der Waals surface area contributed by atoms with Gasteiger partial charge >= 0.3 is 12.0 Å². The molecule has 110 valence electrons. The molecule has 2 unspecified atom stereocenters. The topological polar surface area (TPSA) is 99.1 Å². The van der Waals surface area contributed by atoms with Gasteiger partial charge in [-0.3, -0.25) is 0 Å². The highest BCUT2D eigenvalue weighted by Crippen LogP contribution is 2.20. The molecule has 2 atom stereocenters. The average molecular weight is 274 g/mol. The smallest absolute Gasteiger partial charge is 0.332 e. The Morgan fingerprint density at radius 3 is 2.68 bits per heavy atom. The van der Waals surface area contributed by atoms with Crippen LogP contribution in [-0.4, -0.2) is 64.6 Å². The van der Waals surface area contributed by atoms with Crippen molar-refractivity contribution in [3.8, 4) is 0 Å². The zero-order valence-corrected chi connectivity index (χ0v) is 11.5. The van der Waals surface area contributed by atoms with Gasteiger partial charge in [0.2, 0.25) is 0 Å². The molecule has 1 heterocycles. The maximum absolute atomic E-state index is 11.9. The maximum Gasteiger partial charge on any atom is 0.332 e. The lowest BCUT2D eigenvalue weighted by Crippen LogP contribution is -2.56. The predicted octanol–water partition coefficient (Wildman–Crippen LogP) is 0.0309. The molecular formula is C12H22N2O5. The van der Waals surface area contributed by atoms with Crippen molar-refractivity contribution in [2.45, 2.75) is 45.0 Å². The van der Waals surface area contributed by atoms with E-state index in [4.69, 9.17) is 14.9 Å². The van der Waals surface area contributed by atoms with Gasteiger partial charge in [0.05, 0.1) is 18.2 Å². The Bertz CT molecular complexity index is 345. The average Bonchev–Trinajstić information content (AvgIpc) is 2.25. The molecule has 7 nitrogen and oxygen atoms in total. The van der Waals surface area contributed by atoms with E-state index < -0.39 is 17.7 Å². The van der Waals surface area contributed by atoms with E-state index in [0.717, 1.165) is 0 Å². The van der Waals surface area contributed by atoms with Crippen LogP contribution in [0.5, 0.6) is 0 Å². The van der Waals surface area contributed by atoms with E-state index in [-0.39, 0.29) is 25.1 Å². The molecule has 2 amide bonds. The fraction of sp³-hybridized carbons (Fsp3) is 0.833. The van der Waals surface area contributed by atoms with Crippen molar-refractivity contribution in [3.63, 3.8) is 0 Å². The van der Waals surface area contributed by atoms with Gasteiger partial charge in [0, 0.05) is 19.5 Å². The number of ether oxygens (including phenoxy) is 1. The van der Waals surface area contributed by atoms with Gasteiger partial charge in [0.1, 0.15) is 0 Å². The highest BCUT2D eigenvalue weighted by atomic mass is 16.5. The van der Waals surface area contributed by atoms with Crippen molar-refractivity contribution < 1.29 is 24.5 Å². The minimum Gasteiger partial charge on any atom is -0.479 e. The molecule has 3 N–H and O–H groups in total. The van der Waals surface area contributed by atoms with Crippen LogP contribution < -0.4 is 5.32 Å². The Morgan fingerprint density at radius 1 is 1.53 bits per heavy atom. The number of nitrogens with one attached hydrogen (secondary N) is 1. The van der Waals surface area contributed by atoms with Gasteiger partial charge in [0.15, 0.2) is 6.10 Å². The van der Waals surface area contributed by atoms with Gasteiger partial charge < -0.3 is 25.2 Å². The SMILES string of the molecule is CC1CN(C(=O)NCCC(O)C(=O)O)CC(C)(C)O1. The van der Waals surface area contributed by atoms with E-state index in [2.05, 4.69) is 5.32 Å². The maximum atomic E-state index is 11.9. The molecule has 19 heavy (non-hydrogen) atoms. The lowest BCUT2D eigenvalue weighted by molar-refractivity contribution is -0.146. The van der Waals surface area contributed by atoms with Crippen molar-refractivity contribution in [2.24, 2.45) is 0 Å². The Labute approximate surface area is 112 Å². The number of carboxylic acid groups (broad SMARTS) is 1. The predicted molar refractivity (Wildman–Crippen MR) is 67.9 cm³/mol. The summed E-state index contributed by atoms with van der Waals surface area (Å²) in [5, 5.41) is 20.2. The third-order valence-electron chi connectivity index (χ3n) is 2.84. The van der Waals surface area contributed by atoms with Crippen molar-refractivity contribution >= 4 is 12.0 Å². The number of carbonyl (C=O) groups is 2. The number of aliphatic hydroxyl groups excluding tert-OH is 1. The van der Waals surface area contributed by atoms with Crippen molar-refractivity contribution in [1.29, 1.82) is 0 Å². The van der Waals surface area contributed by atoms with Gasteiger partial charge in [-0.15, -0.1) is 0 Å². The number of hydrogen-bond donors (Lipinski definition) is 3. The first-order chi connectivity index (χ1) is 8.71. The van der Waals surface area contributed by atoms with Crippen molar-refractivity contribution in [1.82, 2.24) is 10.2 Å². The molecule has 0 aromatic rings. The van der Waals surface area contributed by atoms with E-state index in [0.29, 0.717) is 13.1 Å². The van der Waals surface area contributed by atoms with Gasteiger partial charge in [-0.25, -0.2) is 9.59 Å². The van der Waals surface area contributed by atoms with Gasteiger partial charge in [-0.05, 0) is 20.8 Å². The summed E-state index contributed by atoms with van der Waals surface area (Å²) in [5.41, 5.74) is -0.393. The molecule has 0 aliphatic carbocycles. The molecular weight excluding hydrogens is 252 g/mol. The molecule has 0 aromatic carbocycles. The Balaban J connectivity index is 2.39. The second-order valence-corrected chi connectivity index (χ2v) is 5.44. The van der Waals surface area contributed by atoms with Crippen LogP contribution in [0.15, 0.2) is 0 Å². The number of rotatable bonds is 4. The molecule has 1 aliphatic heterocycles. The summed E-state index contributed by atoms with van der Waals surface area (Å²) in [6.45, 7) is 6.82. The highest BCUT2D eigenvalue weighted by molar-refractivity contribution is 5.75. The number of hydrogen-bond acceptors (Lipinski definition) is 4. The molecule has 7 heteroatoms. The molecule has 0 aromatic heterocycles. The summed E-state index contributed by atoms with van der Waals surface area (Å²) in [6.07, 6.45) is -1.50. The largest absolute Gasteiger partial charge is 0.479 e. The summed E-state index contributed by atoms with van der Waals surface area (Å²) in [6, 6.07) is -0.263. The third-order valence-corrected chi connectivity index (χ3v) is 2.84. The number of carboxylic acids is 1. The van der Waals surface area contributed by atoms with Crippen LogP contribution in [0, 0.1) is 0 Å². The molecule has 0 radical (unpaired) electrons. The van der Waals surface area contributed by atoms with Gasteiger partial charge in [-0.1, -0.05) is 0 Å². The van der Waals surface area contributed by atoms with E-state index >= 15 is 0 Å². The summed E-state index contributed by atoms with van der Waals surface area (Å²) in [4.78, 5) is 24.0. The van der Waals surface area contributed by atoms with Crippen molar-refractivity contribution in [2.75, 3.05) is 19.6 Å². The van der Waals surface area contributed by atoms with E-state index in [1.165, 1.54) is 0 Å². The minimum absolute atomic E-state index is 0.00956. The normalized spacial score (nSPS) is 23.8. The fourth-order valence-electron chi connectivity index (χ4n) is 2.16. The Kier molecular flexibility index (Phi) is 5.13. The molecule has 1 fully saturated rings. The standard InChI is InChI=1S/C12H22N2O5/c1-8-6-14(7-12(2,3)19-8)11(18)13-5-4-9(15)10(16)17/h8-9,15H,4-7H2,1-3H3,(H,13,18)(H,16,17). The number of morpholine rings is 1. The summed E-state index contributed by atoms with van der Waals surface area (Å²) >= 11 is 0. The number of carbonyl (C=O) groups excluding carboxylic acids is 1. The minimum atomic E-state index is -1.44. The van der Waals surface area contributed by atoms with Crippen LogP contribution in [0.25, 0.3) is 0 Å². The van der Waals surface area contributed by atoms with E-state index in [1.807, 2.05) is 20.8 Å². The number of urea groups is 1. The molecule has 1 aliphatic rings. The first-order valence-corrected chi connectivity index (χ1v) is 6.33. The monoisotopic (exact) mass is 274 g/mol. The Hall–Kier alpha value is -1.34. The first kappa shape index (κ1) is 15.7. The summed E-state index contributed by atoms with van der Waals surface area (Å²) in [7, 11) is 0. The zero-order chi connectivity index (χ0) is 14.6. The molecule has 1 rings (SSSR count). The second-order valence-electron chi connectivity index (χ2n) is 5.44. The molecule has 0 saturated carbocycles. The van der Waals surface area contributed by atoms with Crippen LogP contribution in [0.1, 0.15) is 27.2 Å². The zero-order valence-electron chi connectivity index (χ0n) is 11.5. The number of amides is 2. The molecule has 1 saturated heterocycles. The van der Waals surface area contributed by atoms with Crippen molar-refractivity contribution in [3.05, 3.63) is 0 Å². The fourth-order valence-corrected chi connectivity index (χ4v) is 2.16. The van der Waals surface area contributed by atoms with Crippen LogP contribution in [-0.2, 0) is 9.53 Å². The number of aliphatic carboxylic acids is 1.